The lowest BCUT2D eigenvalue weighted by molar-refractivity contribution is 0.213. The van der Waals surface area contributed by atoms with Crippen molar-refractivity contribution in [1.82, 2.24) is 15.1 Å². The zero-order chi connectivity index (χ0) is 16.8. The number of aliphatic hydroxyl groups is 1. The quantitative estimate of drug-likeness (QED) is 0.726. The molecule has 0 aliphatic heterocycles. The summed E-state index contributed by atoms with van der Waals surface area (Å²) in [5, 5.41) is 19.4. The molecule has 126 valence electrons. The van der Waals surface area contributed by atoms with Crippen molar-refractivity contribution >= 4 is 11.8 Å². The Kier molecular flexibility index (Phi) is 5.81. The Balaban J connectivity index is 1.89. The standard InChI is InChI=1S/C16H24N4O3/c1-4-14-11(2)19-20(3)15(14)18-16(22)17-9-12(10-21)8-13-6-5-7-23-13/h5-7,12,21H,4,8-10H2,1-3H3,(H2,17,18,22)/t12-/m1/s1. The molecule has 7 nitrogen and oxygen atoms in total. The molecule has 0 unspecified atom stereocenters. The van der Waals surface area contributed by atoms with Crippen molar-refractivity contribution in [1.29, 1.82) is 0 Å². The highest BCUT2D eigenvalue weighted by molar-refractivity contribution is 5.89. The molecule has 2 aromatic heterocycles. The number of urea groups is 1. The fourth-order valence-corrected chi connectivity index (χ4v) is 2.58. The molecule has 2 heterocycles. The van der Waals surface area contributed by atoms with E-state index in [2.05, 4.69) is 15.7 Å². The van der Waals surface area contributed by atoms with Gasteiger partial charge in [0.05, 0.1) is 12.0 Å². The highest BCUT2D eigenvalue weighted by Gasteiger charge is 2.16. The Morgan fingerprint density at radius 2 is 2.30 bits per heavy atom. The first kappa shape index (κ1) is 17.1. The van der Waals surface area contributed by atoms with Crippen molar-refractivity contribution in [2.24, 2.45) is 13.0 Å². The van der Waals surface area contributed by atoms with Gasteiger partial charge in [-0.2, -0.15) is 5.10 Å². The fourth-order valence-electron chi connectivity index (χ4n) is 2.58. The smallest absolute Gasteiger partial charge is 0.320 e. The molecule has 2 amide bonds. The number of hydrogen-bond acceptors (Lipinski definition) is 4. The van der Waals surface area contributed by atoms with Gasteiger partial charge in [-0.05, 0) is 25.5 Å². The minimum atomic E-state index is -0.305. The lowest BCUT2D eigenvalue weighted by Crippen LogP contribution is -2.35. The number of rotatable bonds is 7. The third-order valence-corrected chi connectivity index (χ3v) is 3.81. The van der Waals surface area contributed by atoms with E-state index in [4.69, 9.17) is 4.42 Å². The molecule has 2 rings (SSSR count). The van der Waals surface area contributed by atoms with Gasteiger partial charge >= 0.3 is 6.03 Å². The number of aromatic nitrogens is 2. The summed E-state index contributed by atoms with van der Waals surface area (Å²) >= 11 is 0. The summed E-state index contributed by atoms with van der Waals surface area (Å²) in [6, 6.07) is 3.36. The summed E-state index contributed by atoms with van der Waals surface area (Å²) in [4.78, 5) is 12.1. The topological polar surface area (TPSA) is 92.3 Å². The Morgan fingerprint density at radius 3 is 2.91 bits per heavy atom. The third-order valence-electron chi connectivity index (χ3n) is 3.81. The van der Waals surface area contributed by atoms with E-state index in [0.717, 1.165) is 23.4 Å². The van der Waals surface area contributed by atoms with Crippen LogP contribution >= 0.6 is 0 Å². The van der Waals surface area contributed by atoms with Crippen molar-refractivity contribution in [3.63, 3.8) is 0 Å². The van der Waals surface area contributed by atoms with Crippen LogP contribution in [-0.2, 0) is 19.9 Å². The van der Waals surface area contributed by atoms with E-state index in [1.54, 1.807) is 24.1 Å². The summed E-state index contributed by atoms with van der Waals surface area (Å²) in [5.41, 5.74) is 1.94. The molecule has 1 atom stereocenters. The Hall–Kier alpha value is -2.28. The van der Waals surface area contributed by atoms with E-state index in [9.17, 15) is 9.90 Å². The number of carbonyl (C=O) groups excluding carboxylic acids is 1. The van der Waals surface area contributed by atoms with Gasteiger partial charge in [0, 0.05) is 38.1 Å². The van der Waals surface area contributed by atoms with Gasteiger partial charge in [0.15, 0.2) is 0 Å². The maximum Gasteiger partial charge on any atom is 0.320 e. The second-order valence-corrected chi connectivity index (χ2v) is 5.56. The number of nitrogens with zero attached hydrogens (tertiary/aromatic N) is 2. The van der Waals surface area contributed by atoms with Crippen molar-refractivity contribution < 1.29 is 14.3 Å². The van der Waals surface area contributed by atoms with E-state index in [0.29, 0.717) is 18.8 Å². The van der Waals surface area contributed by atoms with Gasteiger partial charge in [0.1, 0.15) is 11.6 Å². The molecule has 0 saturated carbocycles. The van der Waals surface area contributed by atoms with Crippen molar-refractivity contribution in [3.8, 4) is 0 Å². The van der Waals surface area contributed by atoms with E-state index >= 15 is 0 Å². The average molecular weight is 320 g/mol. The van der Waals surface area contributed by atoms with Crippen LogP contribution in [0.5, 0.6) is 0 Å². The monoisotopic (exact) mass is 320 g/mol. The molecule has 0 aliphatic carbocycles. The first-order valence-electron chi connectivity index (χ1n) is 7.75. The fraction of sp³-hybridized carbons (Fsp3) is 0.500. The van der Waals surface area contributed by atoms with Crippen LogP contribution in [0.15, 0.2) is 22.8 Å². The predicted octanol–water partition coefficient (Wildman–Crippen LogP) is 1.86. The highest BCUT2D eigenvalue weighted by atomic mass is 16.3. The molecule has 0 saturated heterocycles. The zero-order valence-corrected chi connectivity index (χ0v) is 13.8. The van der Waals surface area contributed by atoms with Crippen molar-refractivity contribution in [3.05, 3.63) is 35.4 Å². The molecule has 0 aromatic carbocycles. The van der Waals surface area contributed by atoms with Gasteiger partial charge in [-0.25, -0.2) is 4.79 Å². The Bertz CT molecular complexity index is 634. The SMILES string of the molecule is CCc1c(C)nn(C)c1NC(=O)NC[C@H](CO)Cc1ccco1. The molecule has 2 aromatic rings. The largest absolute Gasteiger partial charge is 0.469 e. The van der Waals surface area contributed by atoms with Crippen LogP contribution in [0.25, 0.3) is 0 Å². The van der Waals surface area contributed by atoms with E-state index in [1.807, 2.05) is 19.9 Å². The summed E-state index contributed by atoms with van der Waals surface area (Å²) in [6.45, 7) is 4.29. The number of aliphatic hydroxyl groups excluding tert-OH is 1. The molecular formula is C16H24N4O3. The zero-order valence-electron chi connectivity index (χ0n) is 13.8. The average Bonchev–Trinajstić information content (AvgIpc) is 3.12. The number of carbonyl (C=O) groups is 1. The lowest BCUT2D eigenvalue weighted by Gasteiger charge is -2.15. The summed E-state index contributed by atoms with van der Waals surface area (Å²) < 4.78 is 6.93. The van der Waals surface area contributed by atoms with Crippen LogP contribution in [0.2, 0.25) is 0 Å². The minimum absolute atomic E-state index is 0.0218. The first-order chi connectivity index (χ1) is 11.0. The minimum Gasteiger partial charge on any atom is -0.469 e. The van der Waals surface area contributed by atoms with Crippen LogP contribution in [-0.4, -0.2) is 34.1 Å². The number of amides is 2. The maximum atomic E-state index is 12.1. The molecule has 0 bridgehead atoms. The van der Waals surface area contributed by atoms with Crippen LogP contribution in [0.4, 0.5) is 10.6 Å². The van der Waals surface area contributed by atoms with Gasteiger partial charge in [-0.3, -0.25) is 10.00 Å². The second-order valence-electron chi connectivity index (χ2n) is 5.56. The number of hydrogen-bond donors (Lipinski definition) is 3. The van der Waals surface area contributed by atoms with Gasteiger partial charge in [0.2, 0.25) is 0 Å². The van der Waals surface area contributed by atoms with E-state index in [1.165, 1.54) is 0 Å². The van der Waals surface area contributed by atoms with Gasteiger partial charge in [-0.1, -0.05) is 6.92 Å². The van der Waals surface area contributed by atoms with Crippen molar-refractivity contribution in [2.75, 3.05) is 18.5 Å². The highest BCUT2D eigenvalue weighted by Crippen LogP contribution is 2.19. The van der Waals surface area contributed by atoms with Gasteiger partial charge in [-0.15, -0.1) is 0 Å². The molecular weight excluding hydrogens is 296 g/mol. The molecule has 0 fully saturated rings. The molecule has 0 radical (unpaired) electrons. The van der Waals surface area contributed by atoms with E-state index < -0.39 is 0 Å². The number of furan rings is 1. The lowest BCUT2D eigenvalue weighted by atomic mass is 10.1. The Labute approximate surface area is 135 Å². The van der Waals surface area contributed by atoms with Crippen LogP contribution < -0.4 is 10.6 Å². The van der Waals surface area contributed by atoms with Crippen LogP contribution in [0.3, 0.4) is 0 Å². The molecule has 23 heavy (non-hydrogen) atoms. The second kappa shape index (κ2) is 7.82. The number of nitrogens with one attached hydrogen (secondary N) is 2. The van der Waals surface area contributed by atoms with Gasteiger partial charge in [0.25, 0.3) is 0 Å². The van der Waals surface area contributed by atoms with Gasteiger partial charge < -0.3 is 14.8 Å². The molecule has 7 heteroatoms. The number of anilines is 1. The first-order valence-corrected chi connectivity index (χ1v) is 7.75. The maximum absolute atomic E-state index is 12.1. The summed E-state index contributed by atoms with van der Waals surface area (Å²) in [6.07, 6.45) is 2.97. The van der Waals surface area contributed by atoms with E-state index in [-0.39, 0.29) is 18.6 Å². The number of aryl methyl sites for hydroxylation is 2. The third kappa shape index (κ3) is 4.35. The summed E-state index contributed by atoms with van der Waals surface area (Å²) in [7, 11) is 1.80. The molecule has 0 spiro atoms. The Morgan fingerprint density at radius 1 is 1.52 bits per heavy atom. The van der Waals surface area contributed by atoms with Crippen LogP contribution in [0, 0.1) is 12.8 Å². The normalized spacial score (nSPS) is 12.2. The molecule has 0 aliphatic rings. The van der Waals surface area contributed by atoms with Crippen LogP contribution in [0.1, 0.15) is 23.9 Å². The predicted molar refractivity (Wildman–Crippen MR) is 87.3 cm³/mol. The van der Waals surface area contributed by atoms with Crippen molar-refractivity contribution in [2.45, 2.75) is 26.7 Å². The molecule has 3 N–H and O–H groups in total. The summed E-state index contributed by atoms with van der Waals surface area (Å²) in [5.74, 6) is 1.40.